The van der Waals surface area contributed by atoms with Crippen molar-refractivity contribution in [1.29, 1.82) is 0 Å². The van der Waals surface area contributed by atoms with Gasteiger partial charge in [0.25, 0.3) is 0 Å². The van der Waals surface area contributed by atoms with E-state index in [4.69, 9.17) is 10.5 Å². The van der Waals surface area contributed by atoms with Gasteiger partial charge in [0.2, 0.25) is 10.0 Å². The van der Waals surface area contributed by atoms with Crippen LogP contribution in [0.15, 0.2) is 58.4 Å². The predicted octanol–water partition coefficient (Wildman–Crippen LogP) is 3.02. The van der Waals surface area contributed by atoms with E-state index in [1.807, 2.05) is 24.3 Å². The second-order valence-corrected chi connectivity index (χ2v) is 8.25. The average Bonchev–Trinajstić information content (AvgIpc) is 3.22. The maximum absolute atomic E-state index is 12.5. The molecule has 9 heteroatoms. The molecule has 3 N–H and O–H groups in total. The number of guanidine groups is 1. The first-order valence-electron chi connectivity index (χ1n) is 8.79. The lowest BCUT2D eigenvalue weighted by molar-refractivity contribution is 0.415. The number of nitrogens with zero attached hydrogens (tertiary/aromatic N) is 2. The summed E-state index contributed by atoms with van der Waals surface area (Å²) >= 11 is 0. The van der Waals surface area contributed by atoms with Crippen LogP contribution >= 0.6 is 24.0 Å². The van der Waals surface area contributed by atoms with Gasteiger partial charge in [0.1, 0.15) is 5.75 Å². The highest BCUT2D eigenvalue weighted by Gasteiger charge is 2.26. The minimum absolute atomic E-state index is 0. The summed E-state index contributed by atoms with van der Waals surface area (Å²) < 4.78 is 31.8. The van der Waals surface area contributed by atoms with Crippen LogP contribution in [0.25, 0.3) is 0 Å². The number of anilines is 1. The number of nitrogens with one attached hydrogen (secondary N) is 1. The number of rotatable bonds is 6. The molecule has 28 heavy (non-hydrogen) atoms. The normalized spacial score (nSPS) is 15.1. The molecule has 1 fully saturated rings. The van der Waals surface area contributed by atoms with Gasteiger partial charge in [-0.25, -0.2) is 13.4 Å². The zero-order chi connectivity index (χ0) is 19.3. The highest BCUT2D eigenvalue weighted by Crippen LogP contribution is 2.21. The van der Waals surface area contributed by atoms with Crippen LogP contribution in [0.5, 0.6) is 5.75 Å². The maximum atomic E-state index is 12.5. The van der Waals surface area contributed by atoms with E-state index in [1.54, 1.807) is 31.4 Å². The van der Waals surface area contributed by atoms with Crippen LogP contribution in [-0.2, 0) is 16.6 Å². The summed E-state index contributed by atoms with van der Waals surface area (Å²) in [6.45, 7) is 1.55. The molecule has 0 saturated carbocycles. The van der Waals surface area contributed by atoms with Gasteiger partial charge in [-0.15, -0.1) is 24.0 Å². The van der Waals surface area contributed by atoms with E-state index in [9.17, 15) is 8.42 Å². The highest BCUT2D eigenvalue weighted by atomic mass is 127. The topological polar surface area (TPSA) is 97.0 Å². The second-order valence-electron chi connectivity index (χ2n) is 6.31. The van der Waals surface area contributed by atoms with E-state index >= 15 is 0 Å². The largest absolute Gasteiger partial charge is 0.497 e. The van der Waals surface area contributed by atoms with Crippen LogP contribution in [-0.4, -0.2) is 38.9 Å². The Hall–Kier alpha value is -1.85. The number of nitrogens with two attached hydrogens (primary N) is 1. The molecular weight excluding hydrogens is 491 g/mol. The molecule has 2 aromatic carbocycles. The first kappa shape index (κ1) is 22.4. The molecule has 0 atom stereocenters. The molecule has 3 rings (SSSR count). The molecule has 0 amide bonds. The highest BCUT2D eigenvalue weighted by molar-refractivity contribution is 14.0. The minimum Gasteiger partial charge on any atom is -0.497 e. The molecule has 2 aromatic rings. The van der Waals surface area contributed by atoms with Crippen molar-refractivity contribution >= 4 is 45.6 Å². The summed E-state index contributed by atoms with van der Waals surface area (Å²) in [6.07, 6.45) is 1.84. The van der Waals surface area contributed by atoms with Crippen molar-refractivity contribution in [3.05, 3.63) is 54.1 Å². The molecule has 1 aliphatic rings. The summed E-state index contributed by atoms with van der Waals surface area (Å²) in [5.41, 5.74) is 7.58. The molecule has 1 heterocycles. The molecule has 0 radical (unpaired) electrons. The fourth-order valence-electron chi connectivity index (χ4n) is 2.91. The third-order valence-electron chi connectivity index (χ3n) is 4.40. The number of hydrogen-bond acceptors (Lipinski definition) is 4. The van der Waals surface area contributed by atoms with Crippen LogP contribution < -0.4 is 15.8 Å². The van der Waals surface area contributed by atoms with Crippen LogP contribution in [0.2, 0.25) is 0 Å². The van der Waals surface area contributed by atoms with Crippen molar-refractivity contribution in [2.75, 3.05) is 25.5 Å². The van der Waals surface area contributed by atoms with Gasteiger partial charge in [0.05, 0.1) is 18.6 Å². The van der Waals surface area contributed by atoms with E-state index in [-0.39, 0.29) is 29.9 Å². The van der Waals surface area contributed by atoms with E-state index in [0.717, 1.165) is 29.8 Å². The standard InChI is InChI=1S/C19H24N4O3S.HI/c1-26-17-6-4-5-16(13-17)22-19(20)21-14-15-7-9-18(10-8-15)27(24,25)23-11-2-3-12-23;/h4-10,13H,2-3,11-12,14H2,1H3,(H3,20,21,22);1H. The Bertz CT molecular complexity index is 911. The van der Waals surface area contributed by atoms with Crippen LogP contribution in [0, 0.1) is 0 Å². The quantitative estimate of drug-likeness (QED) is 0.350. The maximum Gasteiger partial charge on any atom is 0.243 e. The molecule has 1 saturated heterocycles. The van der Waals surface area contributed by atoms with Gasteiger partial charge in [-0.3, -0.25) is 0 Å². The van der Waals surface area contributed by atoms with Crippen LogP contribution in [0.4, 0.5) is 5.69 Å². The molecule has 0 aromatic heterocycles. The van der Waals surface area contributed by atoms with Gasteiger partial charge in [-0.2, -0.15) is 4.31 Å². The number of ether oxygens (including phenoxy) is 1. The Morgan fingerprint density at radius 1 is 1.18 bits per heavy atom. The monoisotopic (exact) mass is 516 g/mol. The van der Waals surface area contributed by atoms with E-state index in [0.29, 0.717) is 24.5 Å². The Kier molecular flexibility index (Phi) is 8.08. The van der Waals surface area contributed by atoms with Gasteiger partial charge in [-0.05, 0) is 42.7 Å². The lowest BCUT2D eigenvalue weighted by Crippen LogP contribution is -2.27. The molecular formula is C19H25IN4O3S. The summed E-state index contributed by atoms with van der Waals surface area (Å²) in [7, 11) is -1.78. The zero-order valence-corrected chi connectivity index (χ0v) is 18.8. The molecule has 0 unspecified atom stereocenters. The number of sulfonamides is 1. The summed E-state index contributed by atoms with van der Waals surface area (Å²) in [6, 6.07) is 14.2. The number of halogens is 1. The van der Waals surface area contributed by atoms with E-state index in [1.165, 1.54) is 4.31 Å². The van der Waals surface area contributed by atoms with Crippen LogP contribution in [0.3, 0.4) is 0 Å². The van der Waals surface area contributed by atoms with Crippen molar-refractivity contribution in [2.24, 2.45) is 10.7 Å². The number of methoxy groups -OCH3 is 1. The lowest BCUT2D eigenvalue weighted by Gasteiger charge is -2.15. The fourth-order valence-corrected chi connectivity index (χ4v) is 4.43. The van der Waals surface area contributed by atoms with E-state index < -0.39 is 10.0 Å². The minimum atomic E-state index is -3.39. The molecule has 0 spiro atoms. The van der Waals surface area contributed by atoms with Gasteiger partial charge in [0, 0.05) is 24.8 Å². The Balaban J connectivity index is 0.00000280. The third kappa shape index (κ3) is 5.58. The predicted molar refractivity (Wildman–Crippen MR) is 122 cm³/mol. The van der Waals surface area contributed by atoms with Crippen molar-refractivity contribution < 1.29 is 13.2 Å². The molecule has 1 aliphatic heterocycles. The Labute approximate surface area is 183 Å². The molecule has 0 bridgehead atoms. The summed E-state index contributed by atoms with van der Waals surface area (Å²) in [5.74, 6) is 1.000. The summed E-state index contributed by atoms with van der Waals surface area (Å²) in [4.78, 5) is 4.62. The SMILES string of the molecule is COc1cccc(NC(N)=NCc2ccc(S(=O)(=O)N3CCCC3)cc2)c1.I. The zero-order valence-electron chi connectivity index (χ0n) is 15.7. The number of aliphatic imine (C=N–C) groups is 1. The second kappa shape index (κ2) is 10.1. The Morgan fingerprint density at radius 3 is 2.50 bits per heavy atom. The molecule has 7 nitrogen and oxygen atoms in total. The first-order valence-corrected chi connectivity index (χ1v) is 10.2. The Morgan fingerprint density at radius 2 is 1.86 bits per heavy atom. The van der Waals surface area contributed by atoms with Crippen molar-refractivity contribution in [2.45, 2.75) is 24.3 Å². The smallest absolute Gasteiger partial charge is 0.243 e. The summed E-state index contributed by atoms with van der Waals surface area (Å²) in [5, 5.41) is 3.00. The molecule has 152 valence electrons. The van der Waals surface area contributed by atoms with Gasteiger partial charge >= 0.3 is 0 Å². The molecule has 0 aliphatic carbocycles. The first-order chi connectivity index (χ1) is 13.0. The van der Waals surface area contributed by atoms with Crippen molar-refractivity contribution in [1.82, 2.24) is 4.31 Å². The van der Waals surface area contributed by atoms with Crippen molar-refractivity contribution in [3.8, 4) is 5.75 Å². The van der Waals surface area contributed by atoms with Crippen LogP contribution in [0.1, 0.15) is 18.4 Å². The van der Waals surface area contributed by atoms with E-state index in [2.05, 4.69) is 10.3 Å². The van der Waals surface area contributed by atoms with Gasteiger partial charge < -0.3 is 15.8 Å². The number of hydrogen-bond donors (Lipinski definition) is 2. The average molecular weight is 516 g/mol. The van der Waals surface area contributed by atoms with Crippen molar-refractivity contribution in [3.63, 3.8) is 0 Å². The fraction of sp³-hybridized carbons (Fsp3) is 0.316. The third-order valence-corrected chi connectivity index (χ3v) is 6.31. The van der Waals surface area contributed by atoms with Gasteiger partial charge in [0.15, 0.2) is 5.96 Å². The van der Waals surface area contributed by atoms with Gasteiger partial charge in [-0.1, -0.05) is 18.2 Å². The lowest BCUT2D eigenvalue weighted by atomic mass is 10.2. The number of benzene rings is 2.